The molecule has 1 N–H and O–H groups in total. The zero-order chi connectivity index (χ0) is 15.8. The number of rotatable bonds is 5. The van der Waals surface area contributed by atoms with Gasteiger partial charge in [0.15, 0.2) is 0 Å². The topological polar surface area (TPSA) is 71.3 Å². The van der Waals surface area contributed by atoms with Gasteiger partial charge in [-0.3, -0.25) is 0 Å². The standard InChI is InChI=1S/C17H16N2O3/c1-21-16-8-7-14(9-15(16)10-18)11-19-17(20)22-12-13-5-3-2-4-6-13/h2-9H,11-12H2,1H3,(H,19,20). The van der Waals surface area contributed by atoms with E-state index in [9.17, 15) is 4.79 Å². The van der Waals surface area contributed by atoms with Gasteiger partial charge in [-0.15, -0.1) is 0 Å². The average Bonchev–Trinajstić information content (AvgIpc) is 2.58. The Morgan fingerprint density at radius 1 is 1.18 bits per heavy atom. The number of nitrogens with zero attached hydrogens (tertiary/aromatic N) is 1. The third-order valence-corrected chi connectivity index (χ3v) is 3.03. The highest BCUT2D eigenvalue weighted by molar-refractivity contribution is 5.67. The second kappa shape index (κ2) is 7.70. The number of hydrogen-bond acceptors (Lipinski definition) is 4. The summed E-state index contributed by atoms with van der Waals surface area (Å²) in [6.45, 7) is 0.505. The zero-order valence-electron chi connectivity index (χ0n) is 12.2. The quantitative estimate of drug-likeness (QED) is 0.920. The van der Waals surface area contributed by atoms with Crippen molar-refractivity contribution in [2.75, 3.05) is 7.11 Å². The van der Waals surface area contributed by atoms with E-state index in [0.29, 0.717) is 11.3 Å². The Morgan fingerprint density at radius 2 is 1.95 bits per heavy atom. The number of nitriles is 1. The summed E-state index contributed by atoms with van der Waals surface area (Å²) in [5.74, 6) is 0.512. The molecular weight excluding hydrogens is 280 g/mol. The van der Waals surface area contributed by atoms with E-state index >= 15 is 0 Å². The largest absolute Gasteiger partial charge is 0.495 e. The summed E-state index contributed by atoms with van der Waals surface area (Å²) in [5, 5.41) is 11.7. The second-order valence-electron chi connectivity index (χ2n) is 4.56. The first-order chi connectivity index (χ1) is 10.7. The van der Waals surface area contributed by atoms with Gasteiger partial charge in [-0.05, 0) is 23.3 Å². The molecule has 0 aliphatic heterocycles. The monoisotopic (exact) mass is 296 g/mol. The Kier molecular flexibility index (Phi) is 5.38. The molecular formula is C17H16N2O3. The van der Waals surface area contributed by atoms with Crippen LogP contribution in [-0.2, 0) is 17.9 Å². The van der Waals surface area contributed by atoms with Crippen molar-refractivity contribution in [1.82, 2.24) is 5.32 Å². The van der Waals surface area contributed by atoms with Gasteiger partial charge in [0.1, 0.15) is 18.4 Å². The van der Waals surface area contributed by atoms with Crippen LogP contribution in [0.2, 0.25) is 0 Å². The molecule has 0 spiro atoms. The maximum atomic E-state index is 11.6. The lowest BCUT2D eigenvalue weighted by atomic mass is 10.1. The van der Waals surface area contributed by atoms with Gasteiger partial charge in [-0.2, -0.15) is 5.26 Å². The molecule has 2 aromatic rings. The highest BCUT2D eigenvalue weighted by Crippen LogP contribution is 2.18. The number of methoxy groups -OCH3 is 1. The zero-order valence-corrected chi connectivity index (χ0v) is 12.2. The van der Waals surface area contributed by atoms with Crippen LogP contribution in [0.4, 0.5) is 4.79 Å². The van der Waals surface area contributed by atoms with Crippen LogP contribution in [-0.4, -0.2) is 13.2 Å². The van der Waals surface area contributed by atoms with Crippen molar-refractivity contribution in [3.63, 3.8) is 0 Å². The van der Waals surface area contributed by atoms with Crippen LogP contribution in [0, 0.1) is 11.3 Å². The highest BCUT2D eigenvalue weighted by Gasteiger charge is 2.06. The molecule has 0 fully saturated rings. The van der Waals surface area contributed by atoms with E-state index in [1.54, 1.807) is 18.2 Å². The number of nitrogens with one attached hydrogen (secondary N) is 1. The lowest BCUT2D eigenvalue weighted by molar-refractivity contribution is 0.139. The first-order valence-corrected chi connectivity index (χ1v) is 6.74. The molecule has 2 aromatic carbocycles. The third kappa shape index (κ3) is 4.25. The molecule has 0 aliphatic rings. The lowest BCUT2D eigenvalue weighted by Gasteiger charge is -2.08. The van der Waals surface area contributed by atoms with Crippen LogP contribution in [0.5, 0.6) is 5.75 Å². The Bertz CT molecular complexity index is 678. The normalized spacial score (nSPS) is 9.64. The maximum absolute atomic E-state index is 11.6. The molecule has 0 saturated heterocycles. The van der Waals surface area contributed by atoms with Crippen molar-refractivity contribution in [2.45, 2.75) is 13.2 Å². The fraction of sp³-hybridized carbons (Fsp3) is 0.176. The first-order valence-electron chi connectivity index (χ1n) is 6.74. The summed E-state index contributed by atoms with van der Waals surface area (Å²) in [5.41, 5.74) is 2.15. The first kappa shape index (κ1) is 15.4. The molecule has 0 unspecified atom stereocenters. The average molecular weight is 296 g/mol. The van der Waals surface area contributed by atoms with Gasteiger partial charge in [-0.25, -0.2) is 4.79 Å². The van der Waals surface area contributed by atoms with Gasteiger partial charge >= 0.3 is 6.09 Å². The predicted molar refractivity (Wildman–Crippen MR) is 81.2 cm³/mol. The lowest BCUT2D eigenvalue weighted by Crippen LogP contribution is -2.23. The van der Waals surface area contributed by atoms with Crippen molar-refractivity contribution < 1.29 is 14.3 Å². The fourth-order valence-corrected chi connectivity index (χ4v) is 1.90. The SMILES string of the molecule is COc1ccc(CNC(=O)OCc2ccccc2)cc1C#N. The van der Waals surface area contributed by atoms with Gasteiger partial charge in [0.05, 0.1) is 12.7 Å². The number of carbonyl (C=O) groups excluding carboxylic acids is 1. The predicted octanol–water partition coefficient (Wildman–Crippen LogP) is 2.99. The van der Waals surface area contributed by atoms with Gasteiger partial charge < -0.3 is 14.8 Å². The maximum Gasteiger partial charge on any atom is 0.407 e. The molecule has 1 amide bonds. The molecule has 5 heteroatoms. The molecule has 0 radical (unpaired) electrons. The van der Waals surface area contributed by atoms with Crippen LogP contribution >= 0.6 is 0 Å². The van der Waals surface area contributed by atoms with Crippen molar-refractivity contribution in [3.05, 3.63) is 65.2 Å². The summed E-state index contributed by atoms with van der Waals surface area (Å²) >= 11 is 0. The molecule has 2 rings (SSSR count). The Hall–Kier alpha value is -3.00. The summed E-state index contributed by atoms with van der Waals surface area (Å²) in [4.78, 5) is 11.6. The van der Waals surface area contributed by atoms with E-state index in [1.807, 2.05) is 30.3 Å². The summed E-state index contributed by atoms with van der Waals surface area (Å²) in [6, 6.07) is 16.7. The number of hydrogen-bond donors (Lipinski definition) is 1. The fourth-order valence-electron chi connectivity index (χ4n) is 1.90. The molecule has 22 heavy (non-hydrogen) atoms. The molecule has 0 aromatic heterocycles. The van der Waals surface area contributed by atoms with Crippen molar-refractivity contribution >= 4 is 6.09 Å². The number of benzene rings is 2. The molecule has 0 saturated carbocycles. The number of carbonyl (C=O) groups is 1. The van der Waals surface area contributed by atoms with E-state index in [4.69, 9.17) is 14.7 Å². The number of alkyl carbamates (subject to hydrolysis) is 1. The van der Waals surface area contributed by atoms with Gasteiger partial charge in [0.2, 0.25) is 0 Å². The van der Waals surface area contributed by atoms with Crippen LogP contribution in [0.1, 0.15) is 16.7 Å². The van der Waals surface area contributed by atoms with E-state index in [2.05, 4.69) is 11.4 Å². The van der Waals surface area contributed by atoms with E-state index < -0.39 is 6.09 Å². The Morgan fingerprint density at radius 3 is 2.64 bits per heavy atom. The minimum absolute atomic E-state index is 0.221. The van der Waals surface area contributed by atoms with Crippen LogP contribution in [0.15, 0.2) is 48.5 Å². The molecule has 5 nitrogen and oxygen atoms in total. The van der Waals surface area contributed by atoms with Gasteiger partial charge in [0, 0.05) is 6.54 Å². The van der Waals surface area contributed by atoms with Gasteiger partial charge in [-0.1, -0.05) is 36.4 Å². The number of ether oxygens (including phenoxy) is 2. The minimum Gasteiger partial charge on any atom is -0.495 e. The van der Waals surface area contributed by atoms with E-state index in [0.717, 1.165) is 11.1 Å². The van der Waals surface area contributed by atoms with E-state index in [-0.39, 0.29) is 13.2 Å². The van der Waals surface area contributed by atoms with Crippen LogP contribution < -0.4 is 10.1 Å². The van der Waals surface area contributed by atoms with Crippen LogP contribution in [0.25, 0.3) is 0 Å². The molecule has 0 heterocycles. The summed E-state index contributed by atoms with van der Waals surface area (Å²) in [6.07, 6.45) is -0.502. The van der Waals surface area contributed by atoms with Crippen molar-refractivity contribution in [2.24, 2.45) is 0 Å². The summed E-state index contributed by atoms with van der Waals surface area (Å²) in [7, 11) is 1.51. The van der Waals surface area contributed by atoms with E-state index in [1.165, 1.54) is 7.11 Å². The molecule has 112 valence electrons. The number of amides is 1. The molecule has 0 atom stereocenters. The Balaban J connectivity index is 1.85. The van der Waals surface area contributed by atoms with Crippen LogP contribution in [0.3, 0.4) is 0 Å². The smallest absolute Gasteiger partial charge is 0.407 e. The Labute approximate surface area is 129 Å². The van der Waals surface area contributed by atoms with Crippen molar-refractivity contribution in [1.29, 1.82) is 5.26 Å². The highest BCUT2D eigenvalue weighted by atomic mass is 16.5. The molecule has 0 bridgehead atoms. The third-order valence-electron chi connectivity index (χ3n) is 3.03. The molecule has 0 aliphatic carbocycles. The van der Waals surface area contributed by atoms with Crippen molar-refractivity contribution in [3.8, 4) is 11.8 Å². The van der Waals surface area contributed by atoms with Gasteiger partial charge in [0.25, 0.3) is 0 Å². The second-order valence-corrected chi connectivity index (χ2v) is 4.56. The summed E-state index contributed by atoms with van der Waals surface area (Å²) < 4.78 is 10.2. The minimum atomic E-state index is -0.502.